The number of hydrogen-bond donors (Lipinski definition) is 1. The fourth-order valence-electron chi connectivity index (χ4n) is 1.87. The van der Waals surface area contributed by atoms with Gasteiger partial charge in [-0.25, -0.2) is 0 Å². The molecule has 0 heterocycles. The third kappa shape index (κ3) is 3.89. The summed E-state index contributed by atoms with van der Waals surface area (Å²) < 4.78 is 11.0. The summed E-state index contributed by atoms with van der Waals surface area (Å²) in [7, 11) is 3.18. The van der Waals surface area contributed by atoms with Crippen molar-refractivity contribution in [2.45, 2.75) is 6.61 Å². The minimum Gasteiger partial charge on any atom is -0.496 e. The molecule has 0 spiro atoms. The van der Waals surface area contributed by atoms with E-state index in [9.17, 15) is 4.79 Å². The number of amides is 1. The third-order valence-electron chi connectivity index (χ3n) is 2.98. The average Bonchev–Trinajstić information content (AvgIpc) is 2.53. The quantitative estimate of drug-likeness (QED) is 0.922. The number of ether oxygens (including phenoxy) is 2. The minimum absolute atomic E-state index is 0.148. The molecule has 2 rings (SSSR count). The van der Waals surface area contributed by atoms with Gasteiger partial charge in [-0.05, 0) is 42.5 Å². The van der Waals surface area contributed by atoms with E-state index in [4.69, 9.17) is 21.1 Å². The van der Waals surface area contributed by atoms with Crippen molar-refractivity contribution >= 4 is 17.5 Å². The van der Waals surface area contributed by atoms with Crippen molar-refractivity contribution in [2.24, 2.45) is 0 Å². The molecule has 2 aromatic carbocycles. The van der Waals surface area contributed by atoms with Crippen LogP contribution in [-0.4, -0.2) is 20.1 Å². The van der Waals surface area contributed by atoms with Gasteiger partial charge in [-0.1, -0.05) is 11.6 Å². The molecule has 0 saturated carbocycles. The number of carbonyl (C=O) groups is 1. The number of methoxy groups -OCH3 is 1. The van der Waals surface area contributed by atoms with E-state index in [1.807, 2.05) is 0 Å². The van der Waals surface area contributed by atoms with E-state index in [-0.39, 0.29) is 5.91 Å². The zero-order chi connectivity index (χ0) is 15.2. The Balaban J connectivity index is 2.17. The number of halogens is 1. The Kier molecular flexibility index (Phi) is 5.06. The fraction of sp³-hybridized carbons (Fsp3) is 0.188. The Morgan fingerprint density at radius 2 is 1.90 bits per heavy atom. The molecule has 21 heavy (non-hydrogen) atoms. The molecule has 0 aromatic heterocycles. The van der Waals surface area contributed by atoms with Crippen molar-refractivity contribution in [1.82, 2.24) is 5.32 Å². The van der Waals surface area contributed by atoms with Gasteiger partial charge in [0.05, 0.1) is 7.11 Å². The van der Waals surface area contributed by atoms with Crippen LogP contribution in [0.4, 0.5) is 0 Å². The molecule has 0 atom stereocenters. The largest absolute Gasteiger partial charge is 0.496 e. The SMILES string of the molecule is CNC(=O)c1ccc(OC)c(COc2ccc(Cl)cc2)c1. The summed E-state index contributed by atoms with van der Waals surface area (Å²) in [6, 6.07) is 12.3. The van der Waals surface area contributed by atoms with Crippen LogP contribution in [0.25, 0.3) is 0 Å². The van der Waals surface area contributed by atoms with Crippen LogP contribution in [-0.2, 0) is 6.61 Å². The molecule has 110 valence electrons. The molecule has 0 aliphatic heterocycles. The maximum Gasteiger partial charge on any atom is 0.251 e. The van der Waals surface area contributed by atoms with Crippen LogP contribution in [0.15, 0.2) is 42.5 Å². The molecule has 0 unspecified atom stereocenters. The summed E-state index contributed by atoms with van der Waals surface area (Å²) in [6.45, 7) is 0.301. The highest BCUT2D eigenvalue weighted by Crippen LogP contribution is 2.23. The Bertz CT molecular complexity index is 626. The standard InChI is InChI=1S/C16H16ClNO3/c1-18-16(19)11-3-8-15(20-2)12(9-11)10-21-14-6-4-13(17)5-7-14/h3-9H,10H2,1-2H3,(H,18,19). The number of hydrogen-bond acceptors (Lipinski definition) is 3. The summed E-state index contributed by atoms with van der Waals surface area (Å²) in [6.07, 6.45) is 0. The van der Waals surface area contributed by atoms with Gasteiger partial charge in [0.25, 0.3) is 5.91 Å². The molecular formula is C16H16ClNO3. The maximum absolute atomic E-state index is 11.7. The van der Waals surface area contributed by atoms with E-state index in [0.717, 1.165) is 5.56 Å². The fourth-order valence-corrected chi connectivity index (χ4v) is 1.99. The molecule has 4 nitrogen and oxygen atoms in total. The number of rotatable bonds is 5. The lowest BCUT2D eigenvalue weighted by molar-refractivity contribution is 0.0963. The normalized spacial score (nSPS) is 10.0. The van der Waals surface area contributed by atoms with E-state index < -0.39 is 0 Å². The molecule has 1 N–H and O–H groups in total. The van der Waals surface area contributed by atoms with E-state index >= 15 is 0 Å². The van der Waals surface area contributed by atoms with Crippen LogP contribution in [0.1, 0.15) is 15.9 Å². The molecule has 0 aliphatic carbocycles. The van der Waals surface area contributed by atoms with Gasteiger partial charge >= 0.3 is 0 Å². The monoisotopic (exact) mass is 305 g/mol. The third-order valence-corrected chi connectivity index (χ3v) is 3.23. The second-order valence-corrected chi connectivity index (χ2v) is 4.78. The first-order valence-corrected chi connectivity index (χ1v) is 6.79. The summed E-state index contributed by atoms with van der Waals surface area (Å²) in [5.41, 5.74) is 1.36. The second kappa shape index (κ2) is 6.99. The second-order valence-electron chi connectivity index (χ2n) is 4.35. The van der Waals surface area contributed by atoms with Crippen LogP contribution >= 0.6 is 11.6 Å². The molecule has 0 saturated heterocycles. The molecule has 0 radical (unpaired) electrons. The molecular weight excluding hydrogens is 290 g/mol. The zero-order valence-corrected chi connectivity index (χ0v) is 12.6. The Morgan fingerprint density at radius 3 is 2.52 bits per heavy atom. The first-order chi connectivity index (χ1) is 10.1. The highest BCUT2D eigenvalue weighted by molar-refractivity contribution is 6.30. The number of benzene rings is 2. The lowest BCUT2D eigenvalue weighted by atomic mass is 10.1. The van der Waals surface area contributed by atoms with E-state index in [2.05, 4.69) is 5.32 Å². The molecule has 0 fully saturated rings. The first kappa shape index (κ1) is 15.2. The van der Waals surface area contributed by atoms with Gasteiger partial charge < -0.3 is 14.8 Å². The summed E-state index contributed by atoms with van der Waals surface area (Å²) in [5, 5.41) is 3.24. The molecule has 1 amide bonds. The van der Waals surface area contributed by atoms with Crippen molar-refractivity contribution in [3.05, 3.63) is 58.6 Å². The molecule has 5 heteroatoms. The lowest BCUT2D eigenvalue weighted by Gasteiger charge is -2.12. The van der Waals surface area contributed by atoms with Crippen molar-refractivity contribution in [3.8, 4) is 11.5 Å². The Labute approximate surface area is 128 Å². The van der Waals surface area contributed by atoms with Crippen molar-refractivity contribution in [2.75, 3.05) is 14.2 Å². The molecule has 2 aromatic rings. The maximum atomic E-state index is 11.7. The van der Waals surface area contributed by atoms with Crippen molar-refractivity contribution in [1.29, 1.82) is 0 Å². The van der Waals surface area contributed by atoms with Gasteiger partial charge in [-0.3, -0.25) is 4.79 Å². The van der Waals surface area contributed by atoms with Gasteiger partial charge in [-0.15, -0.1) is 0 Å². The smallest absolute Gasteiger partial charge is 0.251 e. The number of carbonyl (C=O) groups excluding carboxylic acids is 1. The van der Waals surface area contributed by atoms with Crippen molar-refractivity contribution < 1.29 is 14.3 Å². The summed E-state index contributed by atoms with van der Waals surface area (Å²) in [4.78, 5) is 11.7. The Hall–Kier alpha value is -2.20. The van der Waals surface area contributed by atoms with E-state index in [1.165, 1.54) is 0 Å². The van der Waals surface area contributed by atoms with Crippen LogP contribution in [0.2, 0.25) is 5.02 Å². The van der Waals surface area contributed by atoms with Gasteiger partial charge in [0.2, 0.25) is 0 Å². The van der Waals surface area contributed by atoms with Gasteiger partial charge in [0.15, 0.2) is 0 Å². The van der Waals surface area contributed by atoms with E-state index in [1.54, 1.807) is 56.6 Å². The first-order valence-electron chi connectivity index (χ1n) is 6.41. The van der Waals surface area contributed by atoms with Gasteiger partial charge in [0, 0.05) is 23.2 Å². The number of nitrogens with one attached hydrogen (secondary N) is 1. The predicted molar refractivity (Wildman–Crippen MR) is 82.2 cm³/mol. The molecule has 0 bridgehead atoms. The molecule has 0 aliphatic rings. The zero-order valence-electron chi connectivity index (χ0n) is 11.9. The van der Waals surface area contributed by atoms with Gasteiger partial charge in [-0.2, -0.15) is 0 Å². The highest BCUT2D eigenvalue weighted by Gasteiger charge is 2.09. The van der Waals surface area contributed by atoms with Gasteiger partial charge in [0.1, 0.15) is 18.1 Å². The Morgan fingerprint density at radius 1 is 1.19 bits per heavy atom. The highest BCUT2D eigenvalue weighted by atomic mass is 35.5. The van der Waals surface area contributed by atoms with Crippen LogP contribution in [0, 0.1) is 0 Å². The average molecular weight is 306 g/mol. The summed E-state index contributed by atoms with van der Waals surface area (Å²) >= 11 is 5.83. The van der Waals surface area contributed by atoms with Crippen LogP contribution in [0.3, 0.4) is 0 Å². The van der Waals surface area contributed by atoms with Crippen LogP contribution in [0.5, 0.6) is 11.5 Å². The van der Waals surface area contributed by atoms with Crippen LogP contribution < -0.4 is 14.8 Å². The predicted octanol–water partition coefficient (Wildman–Crippen LogP) is 3.29. The lowest BCUT2D eigenvalue weighted by Crippen LogP contribution is -2.18. The summed E-state index contributed by atoms with van der Waals surface area (Å²) in [5.74, 6) is 1.23. The van der Waals surface area contributed by atoms with E-state index in [0.29, 0.717) is 28.7 Å². The van der Waals surface area contributed by atoms with Crippen molar-refractivity contribution in [3.63, 3.8) is 0 Å². The topological polar surface area (TPSA) is 47.6 Å². The minimum atomic E-state index is -0.148.